The summed E-state index contributed by atoms with van der Waals surface area (Å²) in [6.07, 6.45) is -0.980. The van der Waals surface area contributed by atoms with E-state index in [0.717, 1.165) is 15.4 Å². The van der Waals surface area contributed by atoms with Crippen LogP contribution in [0.5, 0.6) is 0 Å². The first kappa shape index (κ1) is 23.9. The minimum Gasteiger partial charge on any atom is -0.453 e. The molecule has 1 N–H and O–H groups in total. The van der Waals surface area contributed by atoms with E-state index in [4.69, 9.17) is 4.74 Å². The van der Waals surface area contributed by atoms with Crippen molar-refractivity contribution in [3.8, 4) is 0 Å². The van der Waals surface area contributed by atoms with Crippen molar-refractivity contribution in [2.45, 2.75) is 59.7 Å². The molecule has 3 rings (SSSR count). The Hall–Kier alpha value is -2.78. The third-order valence-electron chi connectivity index (χ3n) is 5.90. The van der Waals surface area contributed by atoms with E-state index in [2.05, 4.69) is 4.98 Å². The normalized spacial score (nSPS) is 17.5. The number of carbonyl (C=O) groups excluding carboxylic acids is 3. The largest absolute Gasteiger partial charge is 0.453 e. The number of ether oxygens (including phenoxy) is 1. The van der Waals surface area contributed by atoms with Crippen LogP contribution in [0.4, 0.5) is 0 Å². The number of aryl methyl sites for hydroxylation is 1. The van der Waals surface area contributed by atoms with Gasteiger partial charge in [0.1, 0.15) is 6.04 Å². The maximum Gasteiger partial charge on any atom is 0.325 e. The Labute approximate surface area is 188 Å². The van der Waals surface area contributed by atoms with Crippen LogP contribution in [0.1, 0.15) is 64.0 Å². The van der Waals surface area contributed by atoms with Crippen LogP contribution in [-0.4, -0.2) is 53.1 Å². The minimum absolute atomic E-state index is 0.0747. The van der Waals surface area contributed by atoms with Crippen LogP contribution in [0, 0.1) is 13.8 Å². The number of fused-ring (bicyclic) bond motifs is 1. The molecule has 2 heterocycles. The zero-order valence-corrected chi connectivity index (χ0v) is 19.7. The summed E-state index contributed by atoms with van der Waals surface area (Å²) in [5, 5.41) is 0. The fourth-order valence-electron chi connectivity index (χ4n) is 4.19. The lowest BCUT2D eigenvalue weighted by Gasteiger charge is -2.34. The molecule has 0 amide bonds. The van der Waals surface area contributed by atoms with Gasteiger partial charge in [-0.3, -0.25) is 14.4 Å². The van der Waals surface area contributed by atoms with Crippen molar-refractivity contribution in [2.75, 3.05) is 5.75 Å². The third-order valence-corrected chi connectivity index (χ3v) is 7.73. The molecule has 0 saturated heterocycles. The molecule has 32 heavy (non-hydrogen) atoms. The highest BCUT2D eigenvalue weighted by Gasteiger charge is 2.40. The number of hydrogen-bond donors (Lipinski definition) is 1. The molecular formula is C23H28N2O6S. The molecular weight excluding hydrogens is 432 g/mol. The van der Waals surface area contributed by atoms with Crippen molar-refractivity contribution in [1.82, 2.24) is 9.29 Å². The maximum absolute atomic E-state index is 13.0. The third kappa shape index (κ3) is 4.40. The van der Waals surface area contributed by atoms with Crippen molar-refractivity contribution in [3.63, 3.8) is 0 Å². The highest BCUT2D eigenvalue weighted by Crippen LogP contribution is 2.27. The zero-order chi connectivity index (χ0) is 23.8. The molecule has 0 saturated carbocycles. The Bertz CT molecular complexity index is 1180. The Morgan fingerprint density at radius 3 is 2.38 bits per heavy atom. The van der Waals surface area contributed by atoms with Crippen LogP contribution in [0.15, 0.2) is 24.3 Å². The summed E-state index contributed by atoms with van der Waals surface area (Å²) in [5.41, 5.74) is 3.44. The standard InChI is InChI=1S/C23H28N2O6S/c1-6-32(29,30)25-12-18-10-8-7-9-17(18)11-19(25)23(28)31-16(5)22(27)21-13(2)20(15(4)26)14(3)24-21/h7-10,16,19,24H,6,11-12H2,1-5H3/t16-,19+/m0/s1. The second kappa shape index (κ2) is 8.99. The summed E-state index contributed by atoms with van der Waals surface area (Å²) in [7, 11) is -3.68. The van der Waals surface area contributed by atoms with Gasteiger partial charge in [-0.2, -0.15) is 4.31 Å². The van der Waals surface area contributed by atoms with E-state index in [1.807, 2.05) is 24.3 Å². The first-order valence-electron chi connectivity index (χ1n) is 10.5. The number of benzene rings is 1. The van der Waals surface area contributed by atoms with Gasteiger partial charge in [0, 0.05) is 24.2 Å². The van der Waals surface area contributed by atoms with Gasteiger partial charge in [-0.1, -0.05) is 24.3 Å². The molecule has 8 nitrogen and oxygen atoms in total. The van der Waals surface area contributed by atoms with Gasteiger partial charge in [0.25, 0.3) is 0 Å². The lowest BCUT2D eigenvalue weighted by molar-refractivity contribution is -0.151. The average molecular weight is 461 g/mol. The molecule has 0 radical (unpaired) electrons. The van der Waals surface area contributed by atoms with E-state index in [-0.39, 0.29) is 30.2 Å². The molecule has 1 aliphatic rings. The van der Waals surface area contributed by atoms with Gasteiger partial charge in [-0.25, -0.2) is 8.42 Å². The fourth-order valence-corrected chi connectivity index (χ4v) is 5.41. The van der Waals surface area contributed by atoms with Gasteiger partial charge in [-0.15, -0.1) is 0 Å². The van der Waals surface area contributed by atoms with Crippen LogP contribution < -0.4 is 0 Å². The highest BCUT2D eigenvalue weighted by atomic mass is 32.2. The summed E-state index contributed by atoms with van der Waals surface area (Å²) >= 11 is 0. The maximum atomic E-state index is 13.0. The van der Waals surface area contributed by atoms with Crippen LogP contribution >= 0.6 is 0 Å². The molecule has 0 bridgehead atoms. The monoisotopic (exact) mass is 460 g/mol. The molecule has 2 atom stereocenters. The Balaban J connectivity index is 1.85. The minimum atomic E-state index is -3.68. The number of hydrogen-bond acceptors (Lipinski definition) is 6. The van der Waals surface area contributed by atoms with E-state index in [1.165, 1.54) is 20.8 Å². The summed E-state index contributed by atoms with van der Waals surface area (Å²) in [5.74, 6) is -1.57. The molecule has 2 aromatic rings. The number of carbonyl (C=O) groups is 3. The predicted octanol–water partition coefficient (Wildman–Crippen LogP) is 2.73. The van der Waals surface area contributed by atoms with E-state index < -0.39 is 33.9 Å². The molecule has 172 valence electrons. The quantitative estimate of drug-likeness (QED) is 0.502. The second-order valence-corrected chi connectivity index (χ2v) is 10.3. The number of nitrogens with zero attached hydrogens (tertiary/aromatic N) is 1. The van der Waals surface area contributed by atoms with E-state index in [1.54, 1.807) is 13.8 Å². The topological polar surface area (TPSA) is 114 Å². The number of rotatable bonds is 7. The number of aromatic nitrogens is 1. The Morgan fingerprint density at radius 2 is 1.81 bits per heavy atom. The van der Waals surface area contributed by atoms with Gasteiger partial charge in [-0.05, 0) is 51.3 Å². The van der Waals surface area contributed by atoms with E-state index in [9.17, 15) is 22.8 Å². The average Bonchev–Trinajstić information content (AvgIpc) is 3.05. The predicted molar refractivity (Wildman–Crippen MR) is 119 cm³/mol. The highest BCUT2D eigenvalue weighted by molar-refractivity contribution is 7.89. The molecule has 1 aromatic carbocycles. The van der Waals surface area contributed by atoms with Gasteiger partial charge in [0.05, 0.1) is 11.4 Å². The number of nitrogens with one attached hydrogen (secondary N) is 1. The number of H-pyrrole nitrogens is 1. The van der Waals surface area contributed by atoms with Crippen molar-refractivity contribution in [2.24, 2.45) is 0 Å². The summed E-state index contributed by atoms with van der Waals surface area (Å²) in [4.78, 5) is 40.8. The lowest BCUT2D eigenvalue weighted by atomic mass is 9.96. The Morgan fingerprint density at radius 1 is 1.19 bits per heavy atom. The van der Waals surface area contributed by atoms with Crippen molar-refractivity contribution in [3.05, 3.63) is 57.9 Å². The first-order chi connectivity index (χ1) is 15.0. The summed E-state index contributed by atoms with van der Waals surface area (Å²) in [6.45, 7) is 7.82. The first-order valence-corrected chi connectivity index (χ1v) is 12.1. The summed E-state index contributed by atoms with van der Waals surface area (Å²) in [6, 6.07) is 6.30. The van der Waals surface area contributed by atoms with Crippen LogP contribution in [0.25, 0.3) is 0 Å². The summed E-state index contributed by atoms with van der Waals surface area (Å²) < 4.78 is 32.0. The van der Waals surface area contributed by atoms with Crippen LogP contribution in [0.3, 0.4) is 0 Å². The van der Waals surface area contributed by atoms with E-state index >= 15 is 0 Å². The molecule has 0 unspecified atom stereocenters. The van der Waals surface area contributed by atoms with Crippen molar-refractivity contribution >= 4 is 27.6 Å². The van der Waals surface area contributed by atoms with Crippen LogP contribution in [-0.2, 0) is 32.5 Å². The SMILES string of the molecule is CCS(=O)(=O)N1Cc2ccccc2C[C@@H]1C(=O)O[C@@H](C)C(=O)c1[nH]c(C)c(C(C)=O)c1C. The Kier molecular flexibility index (Phi) is 6.71. The molecule has 1 aliphatic heterocycles. The van der Waals surface area contributed by atoms with Crippen molar-refractivity contribution in [1.29, 1.82) is 0 Å². The fraction of sp³-hybridized carbons (Fsp3) is 0.435. The van der Waals surface area contributed by atoms with Crippen LogP contribution in [0.2, 0.25) is 0 Å². The zero-order valence-electron chi connectivity index (χ0n) is 18.9. The molecule has 0 fully saturated rings. The second-order valence-electron chi connectivity index (χ2n) is 8.06. The smallest absolute Gasteiger partial charge is 0.325 e. The molecule has 9 heteroatoms. The molecule has 1 aromatic heterocycles. The molecule has 0 aliphatic carbocycles. The lowest BCUT2D eigenvalue weighted by Crippen LogP contribution is -2.50. The van der Waals surface area contributed by atoms with Crippen molar-refractivity contribution < 1.29 is 27.5 Å². The van der Waals surface area contributed by atoms with Gasteiger partial charge in [0.15, 0.2) is 11.9 Å². The van der Waals surface area contributed by atoms with Gasteiger partial charge in [0.2, 0.25) is 15.8 Å². The van der Waals surface area contributed by atoms with Gasteiger partial charge >= 0.3 is 5.97 Å². The number of Topliss-reactive ketones (excluding diaryl/α,β-unsaturated/α-hetero) is 2. The van der Waals surface area contributed by atoms with E-state index in [0.29, 0.717) is 16.8 Å². The number of sulfonamides is 1. The number of aromatic amines is 1. The number of esters is 1. The molecule has 0 spiro atoms. The van der Waals surface area contributed by atoms with Gasteiger partial charge < -0.3 is 9.72 Å². The number of ketones is 2.